The number of ether oxygens (including phenoxy) is 2. The predicted molar refractivity (Wildman–Crippen MR) is 127 cm³/mol. The lowest BCUT2D eigenvalue weighted by Gasteiger charge is -2.23. The molecule has 0 saturated carbocycles. The van der Waals surface area contributed by atoms with Gasteiger partial charge in [0.2, 0.25) is 0 Å². The molecule has 1 amide bonds. The van der Waals surface area contributed by atoms with Crippen LogP contribution >= 0.6 is 0 Å². The number of amides is 1. The van der Waals surface area contributed by atoms with E-state index in [9.17, 15) is 9.59 Å². The number of nitrogens with one attached hydrogen (secondary N) is 1. The average molecular weight is 444 g/mol. The molecule has 168 valence electrons. The molecule has 0 aliphatic heterocycles. The van der Waals surface area contributed by atoms with E-state index >= 15 is 0 Å². The molecule has 33 heavy (non-hydrogen) atoms. The van der Waals surface area contributed by atoms with Gasteiger partial charge >= 0.3 is 0 Å². The van der Waals surface area contributed by atoms with Crippen molar-refractivity contribution in [3.63, 3.8) is 0 Å². The zero-order chi connectivity index (χ0) is 23.2. The Morgan fingerprint density at radius 1 is 0.939 bits per heavy atom. The summed E-state index contributed by atoms with van der Waals surface area (Å²) in [4.78, 5) is 34.9. The number of rotatable bonds is 8. The van der Waals surface area contributed by atoms with E-state index in [4.69, 9.17) is 9.47 Å². The fraction of sp³-hybridized carbons (Fsp3) is 0.192. The largest absolute Gasteiger partial charge is 0.493 e. The Kier molecular flexibility index (Phi) is 6.69. The number of aromatic nitrogens is 2. The van der Waals surface area contributed by atoms with E-state index in [1.165, 1.54) is 0 Å². The van der Waals surface area contributed by atoms with Crippen LogP contribution in [0, 0.1) is 0 Å². The highest BCUT2D eigenvalue weighted by molar-refractivity contribution is 5.94. The molecule has 0 unspecified atom stereocenters. The molecule has 1 N–H and O–H groups in total. The van der Waals surface area contributed by atoms with Crippen LogP contribution in [0.1, 0.15) is 21.7 Å². The van der Waals surface area contributed by atoms with Gasteiger partial charge in [-0.15, -0.1) is 0 Å². The van der Waals surface area contributed by atoms with Crippen LogP contribution in [0.5, 0.6) is 11.5 Å². The van der Waals surface area contributed by atoms with Gasteiger partial charge in [-0.3, -0.25) is 9.59 Å². The van der Waals surface area contributed by atoms with Gasteiger partial charge in [0.25, 0.3) is 11.5 Å². The van der Waals surface area contributed by atoms with Crippen LogP contribution in [0.2, 0.25) is 0 Å². The third-order valence-electron chi connectivity index (χ3n) is 5.43. The van der Waals surface area contributed by atoms with E-state index in [0.717, 1.165) is 5.56 Å². The summed E-state index contributed by atoms with van der Waals surface area (Å²) in [5.74, 6) is 1.59. The minimum absolute atomic E-state index is 0.133. The molecule has 0 fully saturated rings. The number of hydrogen-bond donors (Lipinski definition) is 1. The van der Waals surface area contributed by atoms with E-state index in [-0.39, 0.29) is 18.0 Å². The molecule has 7 nitrogen and oxygen atoms in total. The third kappa shape index (κ3) is 5.03. The molecule has 4 aromatic rings. The van der Waals surface area contributed by atoms with Crippen molar-refractivity contribution >= 4 is 16.8 Å². The lowest BCUT2D eigenvalue weighted by molar-refractivity contribution is 0.0741. The Balaban J connectivity index is 1.61. The molecular formula is C26H25N3O4. The fourth-order valence-corrected chi connectivity index (χ4v) is 3.71. The number of benzene rings is 3. The van der Waals surface area contributed by atoms with Gasteiger partial charge < -0.3 is 19.4 Å². The summed E-state index contributed by atoms with van der Waals surface area (Å²) in [7, 11) is 3.18. The molecule has 0 spiro atoms. The van der Waals surface area contributed by atoms with Gasteiger partial charge in [-0.25, -0.2) is 4.98 Å². The SMILES string of the molecule is COc1ccc(CCN(Cc2nc3ccccc3c(=O)[nH]2)C(=O)c2ccccc2)cc1OC. The summed E-state index contributed by atoms with van der Waals surface area (Å²) in [6.45, 7) is 0.612. The highest BCUT2D eigenvalue weighted by Crippen LogP contribution is 2.27. The lowest BCUT2D eigenvalue weighted by Crippen LogP contribution is -2.34. The number of H-pyrrole nitrogens is 1. The smallest absolute Gasteiger partial charge is 0.258 e. The van der Waals surface area contributed by atoms with E-state index in [1.54, 1.807) is 49.5 Å². The van der Waals surface area contributed by atoms with Crippen molar-refractivity contribution in [1.82, 2.24) is 14.9 Å². The lowest BCUT2D eigenvalue weighted by atomic mass is 10.1. The Bertz CT molecular complexity index is 1320. The second-order valence-electron chi connectivity index (χ2n) is 7.56. The number of methoxy groups -OCH3 is 2. The Hall–Kier alpha value is -4.13. The number of carbonyl (C=O) groups excluding carboxylic acids is 1. The van der Waals surface area contributed by atoms with Gasteiger partial charge in [-0.1, -0.05) is 36.4 Å². The second-order valence-corrected chi connectivity index (χ2v) is 7.56. The van der Waals surface area contributed by atoms with Crippen LogP contribution in [0.4, 0.5) is 0 Å². The number of hydrogen-bond acceptors (Lipinski definition) is 5. The quantitative estimate of drug-likeness (QED) is 0.448. The first-order valence-electron chi connectivity index (χ1n) is 10.6. The van der Waals surface area contributed by atoms with Crippen LogP contribution in [-0.4, -0.2) is 41.5 Å². The maximum absolute atomic E-state index is 13.3. The zero-order valence-corrected chi connectivity index (χ0v) is 18.6. The molecule has 1 aromatic heterocycles. The standard InChI is InChI=1S/C26H25N3O4/c1-32-22-13-12-18(16-23(22)33-2)14-15-29(26(31)19-8-4-3-5-9-19)17-24-27-21-11-7-6-10-20(21)25(30)28-24/h3-13,16H,14-15,17H2,1-2H3,(H,27,28,30). The number of aromatic amines is 1. The monoisotopic (exact) mass is 443 g/mol. The van der Waals surface area contributed by atoms with Crippen LogP contribution in [0.15, 0.2) is 77.6 Å². The summed E-state index contributed by atoms with van der Waals surface area (Å²) < 4.78 is 10.7. The first-order valence-corrected chi connectivity index (χ1v) is 10.6. The number of nitrogens with zero attached hydrogens (tertiary/aromatic N) is 2. The topological polar surface area (TPSA) is 84.5 Å². The number of carbonyl (C=O) groups is 1. The summed E-state index contributed by atoms with van der Waals surface area (Å²) >= 11 is 0. The van der Waals surface area contributed by atoms with Gasteiger partial charge in [0, 0.05) is 12.1 Å². The average Bonchev–Trinajstić information content (AvgIpc) is 2.86. The van der Waals surface area contributed by atoms with Crippen molar-refractivity contribution < 1.29 is 14.3 Å². The highest BCUT2D eigenvalue weighted by Gasteiger charge is 2.18. The van der Waals surface area contributed by atoms with Crippen LogP contribution < -0.4 is 15.0 Å². The van der Waals surface area contributed by atoms with E-state index in [1.807, 2.05) is 42.5 Å². The van der Waals surface area contributed by atoms with Gasteiger partial charge in [-0.2, -0.15) is 0 Å². The zero-order valence-electron chi connectivity index (χ0n) is 18.6. The van der Waals surface area contributed by atoms with Gasteiger partial charge in [0.1, 0.15) is 5.82 Å². The Morgan fingerprint density at radius 3 is 2.42 bits per heavy atom. The van der Waals surface area contributed by atoms with Crippen LogP contribution in [0.3, 0.4) is 0 Å². The summed E-state index contributed by atoms with van der Waals surface area (Å²) in [5.41, 5.74) is 1.96. The summed E-state index contributed by atoms with van der Waals surface area (Å²) in [5, 5.41) is 0.521. The minimum Gasteiger partial charge on any atom is -0.493 e. The number of fused-ring (bicyclic) bond motifs is 1. The minimum atomic E-state index is -0.220. The van der Waals surface area contributed by atoms with Gasteiger partial charge in [0.15, 0.2) is 11.5 Å². The second kappa shape index (κ2) is 9.99. The van der Waals surface area contributed by atoms with E-state index in [2.05, 4.69) is 9.97 Å². The summed E-state index contributed by atoms with van der Waals surface area (Å²) in [6.07, 6.45) is 0.594. The molecule has 7 heteroatoms. The van der Waals surface area contributed by atoms with Crippen molar-refractivity contribution in [2.45, 2.75) is 13.0 Å². The Morgan fingerprint density at radius 2 is 1.67 bits per heavy atom. The van der Waals surface area contributed by atoms with Crippen molar-refractivity contribution in [3.8, 4) is 11.5 Å². The summed E-state index contributed by atoms with van der Waals surface area (Å²) in [6, 6.07) is 21.9. The number of para-hydroxylation sites is 1. The maximum atomic E-state index is 13.3. The third-order valence-corrected chi connectivity index (χ3v) is 5.43. The molecular weight excluding hydrogens is 418 g/mol. The molecule has 3 aromatic carbocycles. The van der Waals surface area contributed by atoms with Crippen LogP contribution in [-0.2, 0) is 13.0 Å². The van der Waals surface area contributed by atoms with Crippen molar-refractivity contribution in [1.29, 1.82) is 0 Å². The highest BCUT2D eigenvalue weighted by atomic mass is 16.5. The molecule has 4 rings (SSSR count). The molecule has 0 aliphatic carbocycles. The van der Waals surface area contributed by atoms with E-state index in [0.29, 0.717) is 46.8 Å². The first kappa shape index (κ1) is 22.1. The molecule has 0 saturated heterocycles. The normalized spacial score (nSPS) is 10.7. The van der Waals surface area contributed by atoms with Crippen molar-refractivity contribution in [3.05, 3.63) is 100 Å². The van der Waals surface area contributed by atoms with Gasteiger partial charge in [-0.05, 0) is 48.4 Å². The molecule has 0 radical (unpaired) electrons. The molecule has 1 heterocycles. The van der Waals surface area contributed by atoms with Crippen molar-refractivity contribution in [2.75, 3.05) is 20.8 Å². The predicted octanol–water partition coefficient (Wildman–Crippen LogP) is 3.83. The van der Waals surface area contributed by atoms with Crippen LogP contribution in [0.25, 0.3) is 10.9 Å². The Labute approximate surface area is 191 Å². The molecule has 0 aliphatic rings. The van der Waals surface area contributed by atoms with Crippen molar-refractivity contribution in [2.24, 2.45) is 0 Å². The van der Waals surface area contributed by atoms with Gasteiger partial charge in [0.05, 0.1) is 31.7 Å². The first-order chi connectivity index (χ1) is 16.1. The maximum Gasteiger partial charge on any atom is 0.258 e. The fourth-order valence-electron chi connectivity index (χ4n) is 3.71. The van der Waals surface area contributed by atoms with E-state index < -0.39 is 0 Å². The molecule has 0 bridgehead atoms. The molecule has 0 atom stereocenters.